The smallest absolute Gasteiger partial charge is 0.363 e. The van der Waals surface area contributed by atoms with Crippen LogP contribution in [0.3, 0.4) is 0 Å². The minimum Gasteiger partial charge on any atom is -0.402 e. The van der Waals surface area contributed by atoms with Gasteiger partial charge in [0.15, 0.2) is 5.70 Å². The number of hydrogen-bond acceptors (Lipinski definition) is 3. The van der Waals surface area contributed by atoms with Crippen molar-refractivity contribution in [3.05, 3.63) is 73.8 Å². The van der Waals surface area contributed by atoms with Crippen molar-refractivity contribution in [1.82, 2.24) is 0 Å². The largest absolute Gasteiger partial charge is 0.402 e. The number of carbonyl (C=O) groups is 1. The number of aliphatic imine (C=N–C) groups is 1. The fraction of sp³-hybridized carbons (Fsp3) is 0. The molecule has 0 amide bonds. The zero-order valence-corrected chi connectivity index (χ0v) is 14.1. The van der Waals surface area contributed by atoms with Gasteiger partial charge in [0, 0.05) is 10.0 Å². The van der Waals surface area contributed by atoms with E-state index in [9.17, 15) is 4.79 Å². The summed E-state index contributed by atoms with van der Waals surface area (Å²) in [6.45, 7) is 0. The van der Waals surface area contributed by atoms with Crippen LogP contribution in [0.5, 0.6) is 0 Å². The fourth-order valence-corrected chi connectivity index (χ4v) is 2.44. The van der Waals surface area contributed by atoms with Gasteiger partial charge in [0.05, 0.1) is 10.0 Å². The Morgan fingerprint density at radius 3 is 2.45 bits per heavy atom. The number of rotatable bonds is 2. The summed E-state index contributed by atoms with van der Waals surface area (Å²) in [7, 11) is 0. The maximum atomic E-state index is 11.9. The molecule has 22 heavy (non-hydrogen) atoms. The van der Waals surface area contributed by atoms with Crippen LogP contribution in [0.2, 0.25) is 10.0 Å². The van der Waals surface area contributed by atoms with Crippen molar-refractivity contribution in [3.8, 4) is 0 Å². The summed E-state index contributed by atoms with van der Waals surface area (Å²) in [6, 6.07) is 12.5. The topological polar surface area (TPSA) is 38.7 Å². The minimum atomic E-state index is -0.496. The van der Waals surface area contributed by atoms with Crippen molar-refractivity contribution < 1.29 is 9.53 Å². The zero-order valence-electron chi connectivity index (χ0n) is 11.0. The third-order valence-corrected chi connectivity index (χ3v) is 4.23. The number of ether oxygens (including phenoxy) is 1. The van der Waals surface area contributed by atoms with Crippen molar-refractivity contribution in [2.24, 2.45) is 4.99 Å². The van der Waals surface area contributed by atoms with Crippen molar-refractivity contribution in [3.63, 3.8) is 0 Å². The highest BCUT2D eigenvalue weighted by atomic mass is 79.9. The van der Waals surface area contributed by atoms with Crippen LogP contribution in [-0.4, -0.2) is 11.9 Å². The molecular weight excluding hydrogens is 389 g/mol. The molecule has 110 valence electrons. The quantitative estimate of drug-likeness (QED) is 0.523. The molecule has 0 atom stereocenters. The lowest BCUT2D eigenvalue weighted by atomic mass is 10.2. The van der Waals surface area contributed by atoms with Gasteiger partial charge in [0.1, 0.15) is 0 Å². The van der Waals surface area contributed by atoms with Crippen LogP contribution in [0.4, 0.5) is 0 Å². The lowest BCUT2D eigenvalue weighted by Gasteiger charge is -2.01. The number of cyclic esters (lactones) is 1. The predicted octanol–water partition coefficient (Wildman–Crippen LogP) is 5.10. The Morgan fingerprint density at radius 1 is 1.05 bits per heavy atom. The lowest BCUT2D eigenvalue weighted by molar-refractivity contribution is -0.129. The Hall–Kier alpha value is -1.62. The van der Waals surface area contributed by atoms with E-state index in [4.69, 9.17) is 27.9 Å². The van der Waals surface area contributed by atoms with Crippen LogP contribution in [0.1, 0.15) is 11.1 Å². The second-order valence-electron chi connectivity index (χ2n) is 4.52. The monoisotopic (exact) mass is 395 g/mol. The van der Waals surface area contributed by atoms with Crippen molar-refractivity contribution in [2.45, 2.75) is 0 Å². The van der Waals surface area contributed by atoms with Gasteiger partial charge >= 0.3 is 5.97 Å². The van der Waals surface area contributed by atoms with E-state index in [0.717, 1.165) is 10.0 Å². The average molecular weight is 397 g/mol. The van der Waals surface area contributed by atoms with Gasteiger partial charge in [0.25, 0.3) is 0 Å². The highest BCUT2D eigenvalue weighted by Crippen LogP contribution is 2.26. The van der Waals surface area contributed by atoms with Crippen molar-refractivity contribution in [2.75, 3.05) is 0 Å². The van der Waals surface area contributed by atoms with E-state index in [1.54, 1.807) is 24.3 Å². The molecule has 0 unspecified atom stereocenters. The molecule has 1 aliphatic rings. The first-order chi connectivity index (χ1) is 10.5. The van der Waals surface area contributed by atoms with E-state index in [1.165, 1.54) is 0 Å². The summed E-state index contributed by atoms with van der Waals surface area (Å²) in [4.78, 5) is 16.1. The molecule has 0 saturated heterocycles. The second-order valence-corrected chi connectivity index (χ2v) is 6.25. The van der Waals surface area contributed by atoms with Crippen molar-refractivity contribution in [1.29, 1.82) is 0 Å². The average Bonchev–Trinajstić information content (AvgIpc) is 2.85. The van der Waals surface area contributed by atoms with Gasteiger partial charge in [-0.15, -0.1) is 0 Å². The van der Waals surface area contributed by atoms with Gasteiger partial charge in [-0.05, 0) is 42.0 Å². The van der Waals surface area contributed by atoms with Gasteiger partial charge in [-0.3, -0.25) is 0 Å². The summed E-state index contributed by atoms with van der Waals surface area (Å²) >= 11 is 15.2. The first kappa shape index (κ1) is 15.3. The summed E-state index contributed by atoms with van der Waals surface area (Å²) in [6.07, 6.45) is 1.67. The second kappa shape index (κ2) is 6.24. The van der Waals surface area contributed by atoms with Crippen LogP contribution >= 0.6 is 39.1 Å². The fourth-order valence-electron chi connectivity index (χ4n) is 1.88. The molecule has 0 saturated carbocycles. The first-order valence-electron chi connectivity index (χ1n) is 6.26. The summed E-state index contributed by atoms with van der Waals surface area (Å²) in [5, 5.41) is 0.809. The molecule has 2 aromatic carbocycles. The van der Waals surface area contributed by atoms with Gasteiger partial charge in [0.2, 0.25) is 5.90 Å². The van der Waals surface area contributed by atoms with Gasteiger partial charge in [-0.2, -0.15) is 0 Å². The molecule has 0 radical (unpaired) electrons. The van der Waals surface area contributed by atoms with E-state index < -0.39 is 5.97 Å². The number of hydrogen-bond donors (Lipinski definition) is 0. The SMILES string of the molecule is O=C1OC(c2ccc(Cl)c(Cl)c2)=NC1=Cc1ccc(Br)cc1. The maximum absolute atomic E-state index is 11.9. The standard InChI is InChI=1S/C16H8BrCl2NO2/c17-11-4-1-9(2-5-11)7-14-16(21)22-15(20-14)10-3-6-12(18)13(19)8-10/h1-8H. The molecule has 0 fully saturated rings. The molecule has 1 aliphatic heterocycles. The predicted molar refractivity (Wildman–Crippen MR) is 91.2 cm³/mol. The number of benzene rings is 2. The third-order valence-electron chi connectivity index (χ3n) is 2.96. The molecule has 0 bridgehead atoms. The lowest BCUT2D eigenvalue weighted by Crippen LogP contribution is -2.05. The van der Waals surface area contributed by atoms with Crippen LogP contribution in [0.25, 0.3) is 6.08 Å². The van der Waals surface area contributed by atoms with E-state index in [1.807, 2.05) is 24.3 Å². The maximum Gasteiger partial charge on any atom is 0.363 e. The first-order valence-corrected chi connectivity index (χ1v) is 7.81. The number of esters is 1. The molecule has 3 rings (SSSR count). The molecule has 6 heteroatoms. The Labute approximate surface area is 145 Å². The summed E-state index contributed by atoms with van der Waals surface area (Å²) < 4.78 is 6.14. The third kappa shape index (κ3) is 3.24. The van der Waals surface area contributed by atoms with Crippen LogP contribution in [-0.2, 0) is 9.53 Å². The molecule has 1 heterocycles. The van der Waals surface area contributed by atoms with Crippen molar-refractivity contribution >= 4 is 57.1 Å². The zero-order chi connectivity index (χ0) is 15.7. The Bertz CT molecular complexity index is 813. The highest BCUT2D eigenvalue weighted by Gasteiger charge is 2.24. The number of carbonyl (C=O) groups excluding carboxylic acids is 1. The van der Waals surface area contributed by atoms with Crippen LogP contribution in [0, 0.1) is 0 Å². The van der Waals surface area contributed by atoms with E-state index in [-0.39, 0.29) is 11.6 Å². The summed E-state index contributed by atoms with van der Waals surface area (Å²) in [5.74, 6) is -0.282. The van der Waals surface area contributed by atoms with E-state index >= 15 is 0 Å². The summed E-state index contributed by atoms with van der Waals surface area (Å²) in [5.41, 5.74) is 1.69. The van der Waals surface area contributed by atoms with Gasteiger partial charge in [-0.25, -0.2) is 9.79 Å². The molecule has 0 spiro atoms. The molecule has 0 aliphatic carbocycles. The van der Waals surface area contributed by atoms with Gasteiger partial charge in [-0.1, -0.05) is 51.3 Å². The molecular formula is C16H8BrCl2NO2. The number of halogens is 3. The normalized spacial score (nSPS) is 15.9. The van der Waals surface area contributed by atoms with Gasteiger partial charge < -0.3 is 4.74 Å². The Morgan fingerprint density at radius 2 is 1.77 bits per heavy atom. The molecule has 0 aromatic heterocycles. The Kier molecular flexibility index (Phi) is 4.34. The molecule has 2 aromatic rings. The minimum absolute atomic E-state index is 0.215. The molecule has 3 nitrogen and oxygen atoms in total. The van der Waals surface area contributed by atoms with Crippen LogP contribution in [0.15, 0.2) is 57.6 Å². The number of nitrogens with zero attached hydrogens (tertiary/aromatic N) is 1. The highest BCUT2D eigenvalue weighted by molar-refractivity contribution is 9.10. The van der Waals surface area contributed by atoms with Crippen LogP contribution < -0.4 is 0 Å². The van der Waals surface area contributed by atoms with E-state index in [2.05, 4.69) is 20.9 Å². The molecule has 0 N–H and O–H groups in total. The Balaban J connectivity index is 1.94. The van der Waals surface area contributed by atoms with E-state index in [0.29, 0.717) is 15.6 Å².